The van der Waals surface area contributed by atoms with Gasteiger partial charge in [0.15, 0.2) is 0 Å². The molecule has 0 spiro atoms. The maximum absolute atomic E-state index is 12.8. The Kier molecular flexibility index (Phi) is 6.62. The largest absolute Gasteiger partial charge is 0.497 e. The lowest BCUT2D eigenvalue weighted by Crippen LogP contribution is -2.28. The summed E-state index contributed by atoms with van der Waals surface area (Å²) in [5, 5.41) is 15.0. The molecular formula is C21H27N3O5S. The van der Waals surface area contributed by atoms with Gasteiger partial charge in [0.2, 0.25) is 10.0 Å². The van der Waals surface area contributed by atoms with Gasteiger partial charge in [0.25, 0.3) is 5.69 Å². The average molecular weight is 434 g/mol. The van der Waals surface area contributed by atoms with Crippen molar-refractivity contribution >= 4 is 21.4 Å². The van der Waals surface area contributed by atoms with Crippen molar-refractivity contribution in [2.75, 3.05) is 25.5 Å². The minimum atomic E-state index is -3.73. The fourth-order valence-corrected chi connectivity index (χ4v) is 5.17. The van der Waals surface area contributed by atoms with Crippen LogP contribution in [-0.2, 0) is 10.0 Å². The van der Waals surface area contributed by atoms with Crippen LogP contribution in [0.15, 0.2) is 47.4 Å². The van der Waals surface area contributed by atoms with E-state index >= 15 is 0 Å². The number of anilines is 1. The molecule has 8 nitrogen and oxygen atoms in total. The number of sulfonamides is 1. The molecule has 1 saturated heterocycles. The van der Waals surface area contributed by atoms with Gasteiger partial charge < -0.3 is 10.1 Å². The molecule has 1 aliphatic heterocycles. The Morgan fingerprint density at radius 3 is 2.27 bits per heavy atom. The van der Waals surface area contributed by atoms with Crippen LogP contribution >= 0.6 is 0 Å². The van der Waals surface area contributed by atoms with Crippen molar-refractivity contribution in [2.24, 2.45) is 5.92 Å². The van der Waals surface area contributed by atoms with E-state index in [2.05, 4.69) is 5.32 Å². The lowest BCUT2D eigenvalue weighted by atomic mass is 9.95. The number of benzene rings is 2. The van der Waals surface area contributed by atoms with Gasteiger partial charge in [-0.05, 0) is 48.6 Å². The second-order valence-electron chi connectivity index (χ2n) is 7.69. The van der Waals surface area contributed by atoms with Crippen molar-refractivity contribution in [3.63, 3.8) is 0 Å². The maximum Gasteiger partial charge on any atom is 0.293 e. The first-order valence-corrected chi connectivity index (χ1v) is 11.4. The van der Waals surface area contributed by atoms with E-state index in [0.717, 1.165) is 30.2 Å². The van der Waals surface area contributed by atoms with Gasteiger partial charge in [0, 0.05) is 19.2 Å². The highest BCUT2D eigenvalue weighted by atomic mass is 32.2. The first-order chi connectivity index (χ1) is 14.2. The molecule has 2 aromatic rings. The fourth-order valence-electron chi connectivity index (χ4n) is 3.64. The topological polar surface area (TPSA) is 102 Å². The molecule has 0 aliphatic carbocycles. The summed E-state index contributed by atoms with van der Waals surface area (Å²) in [5.74, 6) is 0.856. The number of ether oxygens (including phenoxy) is 1. The predicted octanol–water partition coefficient (Wildman–Crippen LogP) is 4.20. The van der Waals surface area contributed by atoms with Crippen LogP contribution in [-0.4, -0.2) is 37.8 Å². The Balaban J connectivity index is 1.94. The van der Waals surface area contributed by atoms with Gasteiger partial charge in [-0.2, -0.15) is 4.31 Å². The van der Waals surface area contributed by atoms with Crippen LogP contribution in [0.4, 0.5) is 11.4 Å². The van der Waals surface area contributed by atoms with Gasteiger partial charge in [-0.3, -0.25) is 10.1 Å². The van der Waals surface area contributed by atoms with Crippen LogP contribution in [0.5, 0.6) is 5.75 Å². The van der Waals surface area contributed by atoms with Crippen LogP contribution in [0.1, 0.15) is 38.3 Å². The van der Waals surface area contributed by atoms with E-state index in [9.17, 15) is 18.5 Å². The number of methoxy groups -OCH3 is 1. The molecule has 3 rings (SSSR count). The van der Waals surface area contributed by atoms with Crippen LogP contribution < -0.4 is 10.1 Å². The molecule has 0 bridgehead atoms. The molecule has 1 heterocycles. The van der Waals surface area contributed by atoms with Crippen molar-refractivity contribution < 1.29 is 18.1 Å². The number of nitrogens with zero attached hydrogens (tertiary/aromatic N) is 2. The van der Waals surface area contributed by atoms with E-state index in [4.69, 9.17) is 4.74 Å². The third-order valence-electron chi connectivity index (χ3n) is 5.32. The number of nitrogens with one attached hydrogen (secondary N) is 1. The molecule has 0 radical (unpaired) electrons. The number of nitro groups is 1. The summed E-state index contributed by atoms with van der Waals surface area (Å²) in [5.41, 5.74) is 0.984. The third-order valence-corrected chi connectivity index (χ3v) is 7.22. The van der Waals surface area contributed by atoms with Gasteiger partial charge in [-0.25, -0.2) is 8.42 Å². The Labute approximate surface area is 177 Å². The number of nitro benzene ring substituents is 1. The normalized spacial score (nSPS) is 15.9. The lowest BCUT2D eigenvalue weighted by molar-refractivity contribution is -0.384. The molecule has 0 amide bonds. The molecule has 2 aromatic carbocycles. The van der Waals surface area contributed by atoms with Gasteiger partial charge in [0.05, 0.1) is 23.0 Å². The second kappa shape index (κ2) is 9.01. The Morgan fingerprint density at radius 2 is 1.73 bits per heavy atom. The van der Waals surface area contributed by atoms with Crippen LogP contribution in [0.2, 0.25) is 0 Å². The van der Waals surface area contributed by atoms with E-state index in [1.54, 1.807) is 7.11 Å². The Morgan fingerprint density at radius 1 is 1.10 bits per heavy atom. The standard InChI is InChI=1S/C21H27N3O5S/c1-15(2)21(16-6-8-17(29-3)9-7-16)22-19-11-10-18(14-20(19)24(25)26)30(27,28)23-12-4-5-13-23/h6-11,14-15,21-22H,4-5,12-13H2,1-3H3. The minimum Gasteiger partial charge on any atom is -0.497 e. The highest BCUT2D eigenvalue weighted by Crippen LogP contribution is 2.35. The van der Waals surface area contributed by atoms with Crippen molar-refractivity contribution in [1.82, 2.24) is 4.31 Å². The molecule has 1 unspecified atom stereocenters. The fraction of sp³-hybridized carbons (Fsp3) is 0.429. The van der Waals surface area contributed by atoms with Crippen molar-refractivity contribution in [1.29, 1.82) is 0 Å². The van der Waals surface area contributed by atoms with Crippen molar-refractivity contribution in [3.05, 3.63) is 58.1 Å². The zero-order chi connectivity index (χ0) is 21.9. The molecule has 0 aromatic heterocycles. The quantitative estimate of drug-likeness (QED) is 0.495. The summed E-state index contributed by atoms with van der Waals surface area (Å²) in [6, 6.07) is 11.4. The zero-order valence-corrected chi connectivity index (χ0v) is 18.2. The van der Waals surface area contributed by atoms with E-state index < -0.39 is 14.9 Å². The summed E-state index contributed by atoms with van der Waals surface area (Å²) in [6.07, 6.45) is 1.61. The number of rotatable bonds is 8. The van der Waals surface area contributed by atoms with E-state index in [0.29, 0.717) is 13.1 Å². The SMILES string of the molecule is COc1ccc(C(Nc2ccc(S(=O)(=O)N3CCCC3)cc2[N+](=O)[O-])C(C)C)cc1. The van der Waals surface area contributed by atoms with Gasteiger partial charge in [-0.1, -0.05) is 26.0 Å². The molecule has 1 aliphatic rings. The first kappa shape index (κ1) is 22.0. The number of hydrogen-bond donors (Lipinski definition) is 1. The lowest BCUT2D eigenvalue weighted by Gasteiger charge is -2.24. The summed E-state index contributed by atoms with van der Waals surface area (Å²) in [7, 11) is -2.14. The van der Waals surface area contributed by atoms with E-state index in [1.807, 2.05) is 38.1 Å². The van der Waals surface area contributed by atoms with Crippen LogP contribution in [0, 0.1) is 16.0 Å². The maximum atomic E-state index is 12.8. The van der Waals surface area contributed by atoms with E-state index in [-0.39, 0.29) is 28.2 Å². The zero-order valence-electron chi connectivity index (χ0n) is 17.4. The smallest absolute Gasteiger partial charge is 0.293 e. The van der Waals surface area contributed by atoms with Crippen LogP contribution in [0.3, 0.4) is 0 Å². The average Bonchev–Trinajstić information content (AvgIpc) is 3.27. The summed E-state index contributed by atoms with van der Waals surface area (Å²) < 4.78 is 32.2. The monoisotopic (exact) mass is 433 g/mol. The third kappa shape index (κ3) is 4.57. The molecule has 9 heteroatoms. The van der Waals surface area contributed by atoms with E-state index in [1.165, 1.54) is 16.4 Å². The predicted molar refractivity (Wildman–Crippen MR) is 115 cm³/mol. The summed E-state index contributed by atoms with van der Waals surface area (Å²) in [4.78, 5) is 11.1. The van der Waals surface area contributed by atoms with Crippen molar-refractivity contribution in [3.8, 4) is 5.75 Å². The number of hydrogen-bond acceptors (Lipinski definition) is 6. The molecule has 0 saturated carbocycles. The van der Waals surface area contributed by atoms with Gasteiger partial charge in [0.1, 0.15) is 11.4 Å². The molecule has 162 valence electrons. The molecule has 1 atom stereocenters. The highest BCUT2D eigenvalue weighted by molar-refractivity contribution is 7.89. The van der Waals surface area contributed by atoms with Crippen LogP contribution in [0.25, 0.3) is 0 Å². The molecule has 1 N–H and O–H groups in total. The van der Waals surface area contributed by atoms with Gasteiger partial charge >= 0.3 is 0 Å². The Bertz CT molecular complexity index is 1000. The highest BCUT2D eigenvalue weighted by Gasteiger charge is 2.30. The molecule has 30 heavy (non-hydrogen) atoms. The second-order valence-corrected chi connectivity index (χ2v) is 9.62. The molecular weight excluding hydrogens is 406 g/mol. The van der Waals surface area contributed by atoms with Crippen molar-refractivity contribution in [2.45, 2.75) is 37.6 Å². The minimum absolute atomic E-state index is 0.0489. The Hall–Kier alpha value is -2.65. The summed E-state index contributed by atoms with van der Waals surface area (Å²) in [6.45, 7) is 4.92. The first-order valence-electron chi connectivity index (χ1n) is 9.93. The van der Waals surface area contributed by atoms with Gasteiger partial charge in [-0.15, -0.1) is 0 Å². The summed E-state index contributed by atoms with van der Waals surface area (Å²) >= 11 is 0. The molecule has 1 fully saturated rings.